The van der Waals surface area contributed by atoms with E-state index in [0.29, 0.717) is 23.2 Å². The number of fused-ring (bicyclic) bond motifs is 1. The summed E-state index contributed by atoms with van der Waals surface area (Å²) in [4.78, 5) is 37.8. The molecule has 1 N–H and O–H groups in total. The number of thiophene rings is 1. The zero-order valence-corrected chi connectivity index (χ0v) is 17.0. The van der Waals surface area contributed by atoms with E-state index in [1.165, 1.54) is 26.0 Å². The second-order valence-corrected chi connectivity index (χ2v) is 7.87. The Bertz CT molecular complexity index is 1070. The van der Waals surface area contributed by atoms with Crippen LogP contribution in [0.15, 0.2) is 51.4 Å². The van der Waals surface area contributed by atoms with Crippen molar-refractivity contribution in [3.05, 3.63) is 68.2 Å². The van der Waals surface area contributed by atoms with Gasteiger partial charge in [-0.25, -0.2) is 4.79 Å². The van der Waals surface area contributed by atoms with Crippen LogP contribution in [-0.2, 0) is 24.3 Å². The van der Waals surface area contributed by atoms with Gasteiger partial charge in [-0.05, 0) is 43.2 Å². The van der Waals surface area contributed by atoms with E-state index in [0.717, 1.165) is 12.8 Å². The molecular weight excluding hydrogens is 374 g/mol. The molecule has 6 nitrogen and oxygen atoms in total. The van der Waals surface area contributed by atoms with Crippen LogP contribution in [0.2, 0.25) is 0 Å². The van der Waals surface area contributed by atoms with Gasteiger partial charge in [0.15, 0.2) is 0 Å². The average Bonchev–Trinajstić information content (AvgIpc) is 3.18. The number of carbonyl (C=O) groups excluding carboxylic acids is 1. The van der Waals surface area contributed by atoms with Crippen LogP contribution in [-0.4, -0.2) is 21.1 Å². The van der Waals surface area contributed by atoms with Gasteiger partial charge in [0.05, 0.1) is 5.52 Å². The maximum Gasteiger partial charge on any atom is 0.332 e. The van der Waals surface area contributed by atoms with E-state index in [9.17, 15) is 14.4 Å². The fourth-order valence-electron chi connectivity index (χ4n) is 3.27. The molecule has 3 rings (SSSR count). The number of rotatable bonds is 8. The molecule has 7 heteroatoms. The highest BCUT2D eigenvalue weighted by Crippen LogP contribution is 2.15. The van der Waals surface area contributed by atoms with Gasteiger partial charge in [-0.1, -0.05) is 37.3 Å². The van der Waals surface area contributed by atoms with E-state index in [1.54, 1.807) is 11.4 Å². The second kappa shape index (κ2) is 9.01. The lowest BCUT2D eigenvalue weighted by Crippen LogP contribution is -2.43. The molecule has 2 heterocycles. The Kier molecular flexibility index (Phi) is 6.46. The Labute approximate surface area is 167 Å². The zero-order valence-electron chi connectivity index (χ0n) is 16.2. The molecule has 0 bridgehead atoms. The first-order valence-electron chi connectivity index (χ1n) is 9.55. The molecule has 2 aromatic heterocycles. The molecular formula is C21H25N3O3S. The smallest absolute Gasteiger partial charge is 0.332 e. The topological polar surface area (TPSA) is 73.1 Å². The van der Waals surface area contributed by atoms with Gasteiger partial charge < -0.3 is 5.32 Å². The van der Waals surface area contributed by atoms with Crippen molar-refractivity contribution in [3.63, 3.8) is 0 Å². The molecule has 0 unspecified atom stereocenters. The molecule has 3 aromatic rings. The predicted molar refractivity (Wildman–Crippen MR) is 113 cm³/mol. The van der Waals surface area contributed by atoms with Gasteiger partial charge in [-0.15, -0.1) is 11.3 Å². The molecule has 1 aromatic carbocycles. The first-order chi connectivity index (χ1) is 13.5. The molecule has 0 radical (unpaired) electrons. The van der Waals surface area contributed by atoms with Crippen LogP contribution in [0, 0.1) is 0 Å². The number of nitrogens with one attached hydrogen (secondary N) is 1. The van der Waals surface area contributed by atoms with Crippen molar-refractivity contribution in [1.29, 1.82) is 0 Å². The zero-order chi connectivity index (χ0) is 20.1. The lowest BCUT2D eigenvalue weighted by Gasteiger charge is -2.16. The molecule has 28 heavy (non-hydrogen) atoms. The largest absolute Gasteiger partial charge is 0.352 e. The number of hydrogen-bond acceptors (Lipinski definition) is 4. The average molecular weight is 400 g/mol. The van der Waals surface area contributed by atoms with Gasteiger partial charge in [0.2, 0.25) is 5.91 Å². The molecule has 148 valence electrons. The molecule has 0 aliphatic carbocycles. The van der Waals surface area contributed by atoms with Crippen molar-refractivity contribution in [2.75, 3.05) is 0 Å². The van der Waals surface area contributed by atoms with E-state index < -0.39 is 5.69 Å². The highest BCUT2D eigenvalue weighted by Gasteiger charge is 2.16. The van der Waals surface area contributed by atoms with Crippen LogP contribution in [0.4, 0.5) is 0 Å². The summed E-state index contributed by atoms with van der Waals surface area (Å²) in [6.45, 7) is 4.13. The normalized spacial score (nSPS) is 12.2. The molecule has 0 saturated carbocycles. The summed E-state index contributed by atoms with van der Waals surface area (Å²) < 4.78 is 3.14. The van der Waals surface area contributed by atoms with E-state index in [4.69, 9.17) is 0 Å². The third-order valence-corrected chi connectivity index (χ3v) is 5.59. The number of aromatic nitrogens is 2. The summed E-state index contributed by atoms with van der Waals surface area (Å²) in [5.74, 6) is -0.225. The minimum atomic E-state index is -0.426. The van der Waals surface area contributed by atoms with Gasteiger partial charge in [0.1, 0.15) is 11.2 Å². The van der Waals surface area contributed by atoms with Gasteiger partial charge >= 0.3 is 5.69 Å². The molecule has 0 spiro atoms. The molecule has 0 aliphatic heterocycles. The van der Waals surface area contributed by atoms with E-state index in [-0.39, 0.29) is 24.1 Å². The number of carbonyl (C=O) groups is 1. The maximum atomic E-state index is 12.8. The second-order valence-electron chi connectivity index (χ2n) is 6.95. The number of benzene rings is 1. The first kappa shape index (κ1) is 20.1. The van der Waals surface area contributed by atoms with Crippen molar-refractivity contribution in [1.82, 2.24) is 14.5 Å². The Morgan fingerprint density at radius 1 is 1.14 bits per heavy atom. The third kappa shape index (κ3) is 4.42. The highest BCUT2D eigenvalue weighted by molar-refractivity contribution is 7.17. The maximum absolute atomic E-state index is 12.8. The molecule has 0 saturated heterocycles. The van der Waals surface area contributed by atoms with Gasteiger partial charge in [-0.2, -0.15) is 0 Å². The quantitative estimate of drug-likeness (QED) is 0.633. The van der Waals surface area contributed by atoms with Crippen LogP contribution < -0.4 is 16.6 Å². The SMILES string of the molecule is CCCn1c(=O)c2sccc2n(CC(=O)N[C@@H](C)CCc2ccccc2)c1=O. The summed E-state index contributed by atoms with van der Waals surface area (Å²) in [5, 5.41) is 4.74. The van der Waals surface area contributed by atoms with Crippen LogP contribution in [0.3, 0.4) is 0 Å². The summed E-state index contributed by atoms with van der Waals surface area (Å²) >= 11 is 1.30. The Morgan fingerprint density at radius 3 is 2.61 bits per heavy atom. The van der Waals surface area contributed by atoms with Gasteiger partial charge in [0.25, 0.3) is 5.56 Å². The van der Waals surface area contributed by atoms with Crippen LogP contribution in [0.25, 0.3) is 10.2 Å². The Balaban J connectivity index is 1.73. The Hall–Kier alpha value is -2.67. The van der Waals surface area contributed by atoms with E-state index in [1.807, 2.05) is 32.0 Å². The fourth-order valence-corrected chi connectivity index (χ4v) is 4.11. The monoisotopic (exact) mass is 399 g/mol. The summed E-state index contributed by atoms with van der Waals surface area (Å²) in [6.07, 6.45) is 2.36. The molecule has 1 atom stereocenters. The third-order valence-electron chi connectivity index (χ3n) is 4.70. The van der Waals surface area contributed by atoms with Crippen molar-refractivity contribution in [2.45, 2.75) is 52.2 Å². The lowest BCUT2D eigenvalue weighted by molar-refractivity contribution is -0.122. The minimum absolute atomic E-state index is 0.0112. The van der Waals surface area contributed by atoms with Crippen LogP contribution >= 0.6 is 11.3 Å². The van der Waals surface area contributed by atoms with Crippen molar-refractivity contribution in [2.24, 2.45) is 0 Å². The Morgan fingerprint density at radius 2 is 1.89 bits per heavy atom. The van der Waals surface area contributed by atoms with E-state index in [2.05, 4.69) is 17.4 Å². The number of aryl methyl sites for hydroxylation is 1. The van der Waals surface area contributed by atoms with Crippen LogP contribution in [0.5, 0.6) is 0 Å². The number of hydrogen-bond donors (Lipinski definition) is 1. The molecule has 0 fully saturated rings. The molecule has 1 amide bonds. The van der Waals surface area contributed by atoms with Gasteiger partial charge in [-0.3, -0.25) is 18.7 Å². The number of nitrogens with zero attached hydrogens (tertiary/aromatic N) is 2. The summed E-state index contributed by atoms with van der Waals surface area (Å²) in [7, 11) is 0. The predicted octanol–water partition coefficient (Wildman–Crippen LogP) is 2.77. The fraction of sp³-hybridized carbons (Fsp3) is 0.381. The van der Waals surface area contributed by atoms with Crippen molar-refractivity contribution >= 4 is 27.5 Å². The summed E-state index contributed by atoms with van der Waals surface area (Å²) in [6, 6.07) is 11.8. The highest BCUT2D eigenvalue weighted by atomic mass is 32.1. The summed E-state index contributed by atoms with van der Waals surface area (Å²) in [5.41, 5.74) is 1.06. The number of amides is 1. The minimum Gasteiger partial charge on any atom is -0.352 e. The van der Waals surface area contributed by atoms with Crippen LogP contribution in [0.1, 0.15) is 32.3 Å². The van der Waals surface area contributed by atoms with Crippen molar-refractivity contribution < 1.29 is 4.79 Å². The van der Waals surface area contributed by atoms with E-state index >= 15 is 0 Å². The standard InChI is InChI=1S/C21H25N3O3S/c1-3-12-23-20(26)19-17(11-13-28-19)24(21(23)27)14-18(25)22-15(2)9-10-16-7-5-4-6-8-16/h4-8,11,13,15H,3,9-10,12,14H2,1-2H3,(H,22,25)/t15-/m0/s1. The molecule has 0 aliphatic rings. The van der Waals surface area contributed by atoms with Crippen molar-refractivity contribution in [3.8, 4) is 0 Å². The first-order valence-corrected chi connectivity index (χ1v) is 10.4. The van der Waals surface area contributed by atoms with Gasteiger partial charge in [0, 0.05) is 12.6 Å². The lowest BCUT2D eigenvalue weighted by atomic mass is 10.1.